The van der Waals surface area contributed by atoms with Gasteiger partial charge in [0.15, 0.2) is 17.4 Å². The molecule has 3 unspecified atom stereocenters. The van der Waals surface area contributed by atoms with Gasteiger partial charge in [0, 0.05) is 6.66 Å². The van der Waals surface area contributed by atoms with Crippen LogP contribution in [0.4, 0.5) is 5.95 Å². The van der Waals surface area contributed by atoms with Crippen LogP contribution in [0.1, 0.15) is 40.8 Å². The highest BCUT2D eigenvalue weighted by Gasteiger charge is 2.51. The molecule has 0 aliphatic carbocycles. The van der Waals surface area contributed by atoms with E-state index >= 15 is 0 Å². The van der Waals surface area contributed by atoms with Gasteiger partial charge in [0.1, 0.15) is 23.7 Å². The molecule has 6 atom stereocenters. The Morgan fingerprint density at radius 1 is 1.26 bits per heavy atom. The van der Waals surface area contributed by atoms with Gasteiger partial charge in [-0.3, -0.25) is 23.5 Å². The van der Waals surface area contributed by atoms with Gasteiger partial charge in [-0.05, 0) is 34.6 Å². The van der Waals surface area contributed by atoms with Crippen molar-refractivity contribution in [2.45, 2.75) is 69.7 Å². The molecule has 3 heterocycles. The average Bonchev–Trinajstić information content (AvgIpc) is 3.20. The number of aromatic amines is 1. The lowest BCUT2D eigenvalue weighted by molar-refractivity contribution is -0.0960. The Hall–Kier alpha value is -1.63. The molecular weight excluding hydrogens is 492 g/mol. The minimum Gasteiger partial charge on any atom is -0.386 e. The van der Waals surface area contributed by atoms with Crippen molar-refractivity contribution in [2.24, 2.45) is 0 Å². The molecule has 0 saturated carbocycles. The van der Waals surface area contributed by atoms with Gasteiger partial charge in [0.05, 0.1) is 18.1 Å². The number of aromatic nitrogens is 4. The Morgan fingerprint density at radius 3 is 2.44 bits per heavy atom. The zero-order chi connectivity index (χ0) is 25.9. The number of aliphatic hydroxyl groups excluding tert-OH is 1. The summed E-state index contributed by atoms with van der Waals surface area (Å²) < 4.78 is 43.3. The summed E-state index contributed by atoms with van der Waals surface area (Å²) >= 11 is 0. The highest BCUT2D eigenvalue weighted by atomic mass is 31.2. The van der Waals surface area contributed by atoms with Crippen molar-refractivity contribution < 1.29 is 38.0 Å². The first-order valence-electron chi connectivity index (χ1n) is 10.4. The third-order valence-corrected chi connectivity index (χ3v) is 10.0. The molecule has 2 aromatic rings. The van der Waals surface area contributed by atoms with Crippen LogP contribution in [0.15, 0.2) is 11.1 Å². The molecule has 0 bridgehead atoms. The number of hydrogen-bond donors (Lipinski definition) is 5. The molecule has 34 heavy (non-hydrogen) atoms. The third-order valence-electron chi connectivity index (χ3n) is 5.72. The SMILES string of the molecule is CC(C)(O[C@@H]1C(O)[C@H](n2cnc3c(=O)[nH]c(N)nc32)O[C@@H]1COP(=O)(O)C(C)(C)C)P(C)(=O)O. The van der Waals surface area contributed by atoms with Crippen LogP contribution in [0.2, 0.25) is 0 Å². The minimum absolute atomic E-state index is 0.0238. The first kappa shape index (κ1) is 27.0. The lowest BCUT2D eigenvalue weighted by Gasteiger charge is -2.34. The number of nitrogens with two attached hydrogens (primary N) is 1. The molecular formula is C18H31N5O9P2. The fourth-order valence-corrected chi connectivity index (χ4v) is 4.21. The number of H-pyrrole nitrogens is 1. The number of nitrogens with one attached hydrogen (secondary N) is 1. The maximum absolute atomic E-state index is 12.6. The molecule has 1 saturated heterocycles. The zero-order valence-corrected chi connectivity index (χ0v) is 21.5. The predicted octanol–water partition coefficient (Wildman–Crippen LogP) is 0.982. The average molecular weight is 523 g/mol. The molecule has 1 aliphatic heterocycles. The maximum atomic E-state index is 12.6. The summed E-state index contributed by atoms with van der Waals surface area (Å²) in [5.41, 5.74) is 5.01. The Labute approximate surface area is 195 Å². The van der Waals surface area contributed by atoms with E-state index in [1.807, 2.05) is 0 Å². The molecule has 0 radical (unpaired) electrons. The molecule has 0 spiro atoms. The number of imidazole rings is 1. The quantitative estimate of drug-likeness (QED) is 0.321. The number of rotatable bonds is 7. The van der Waals surface area contributed by atoms with Gasteiger partial charge in [-0.15, -0.1) is 0 Å². The van der Waals surface area contributed by atoms with Crippen LogP contribution in [0.25, 0.3) is 11.2 Å². The summed E-state index contributed by atoms with van der Waals surface area (Å²) in [6.07, 6.45) is -3.86. The predicted molar refractivity (Wildman–Crippen MR) is 123 cm³/mol. The normalized spacial score (nSPS) is 27.6. The van der Waals surface area contributed by atoms with E-state index in [0.29, 0.717) is 0 Å². The van der Waals surface area contributed by atoms with Crippen molar-refractivity contribution in [1.82, 2.24) is 19.5 Å². The first-order valence-corrected chi connectivity index (χ1v) is 14.1. The van der Waals surface area contributed by atoms with E-state index in [9.17, 15) is 28.8 Å². The van der Waals surface area contributed by atoms with Crippen molar-refractivity contribution >= 4 is 32.1 Å². The largest absolute Gasteiger partial charge is 0.386 e. The van der Waals surface area contributed by atoms with Gasteiger partial charge in [-0.2, -0.15) is 4.98 Å². The van der Waals surface area contributed by atoms with Crippen LogP contribution >= 0.6 is 15.0 Å². The number of aliphatic hydroxyl groups is 1. The van der Waals surface area contributed by atoms with Gasteiger partial charge in [-0.25, -0.2) is 4.98 Å². The van der Waals surface area contributed by atoms with Gasteiger partial charge in [-0.1, -0.05) is 0 Å². The molecule has 3 rings (SSSR count). The molecule has 1 fully saturated rings. The number of anilines is 1. The summed E-state index contributed by atoms with van der Waals surface area (Å²) in [5.74, 6) is -0.181. The molecule has 16 heteroatoms. The summed E-state index contributed by atoms with van der Waals surface area (Å²) in [7, 11) is -7.92. The minimum atomic E-state index is -4.11. The number of nitrogens with zero attached hydrogens (tertiary/aromatic N) is 3. The van der Waals surface area contributed by atoms with Crippen molar-refractivity contribution in [2.75, 3.05) is 19.0 Å². The standard InChI is InChI=1S/C18H31N5O9P2/c1-17(2,3)34(28,29)30-7-9-12(32-18(4,5)33(6,26)27)11(24)15(31-9)23-8-20-10-13(23)21-16(19)22-14(10)25/h8-9,11-12,15,24H,7H2,1-6H3,(H,26,27)(H,28,29)(H3,19,21,22,25)/t9-,11?,12+,15-/m1/s1. The number of nitrogen functional groups attached to an aromatic ring is 1. The van der Waals surface area contributed by atoms with Gasteiger partial charge < -0.3 is 34.6 Å². The molecule has 6 N–H and O–H groups in total. The number of fused-ring (bicyclic) bond motifs is 1. The van der Waals surface area contributed by atoms with Crippen LogP contribution in [0.3, 0.4) is 0 Å². The zero-order valence-electron chi connectivity index (χ0n) is 19.7. The molecule has 14 nitrogen and oxygen atoms in total. The Bertz CT molecular complexity index is 1210. The van der Waals surface area contributed by atoms with Crippen molar-refractivity contribution in [3.05, 3.63) is 16.7 Å². The number of ether oxygens (including phenoxy) is 2. The van der Waals surface area contributed by atoms with Crippen LogP contribution in [0, 0.1) is 0 Å². The third kappa shape index (κ3) is 5.00. The first-order chi connectivity index (χ1) is 15.4. The van der Waals surface area contributed by atoms with Gasteiger partial charge in [0.25, 0.3) is 5.56 Å². The van der Waals surface area contributed by atoms with E-state index < -0.39 is 62.2 Å². The lowest BCUT2D eigenvalue weighted by Crippen LogP contribution is -2.42. The topological polar surface area (TPSA) is 212 Å². The van der Waals surface area contributed by atoms with E-state index in [1.165, 1.54) is 45.5 Å². The molecule has 1 aliphatic rings. The smallest absolute Gasteiger partial charge is 0.333 e. The van der Waals surface area contributed by atoms with E-state index in [1.54, 1.807) is 0 Å². The van der Waals surface area contributed by atoms with E-state index in [0.717, 1.165) is 6.66 Å². The Kier molecular flexibility index (Phi) is 6.97. The maximum Gasteiger partial charge on any atom is 0.333 e. The Balaban J connectivity index is 1.99. The second kappa shape index (κ2) is 8.79. The van der Waals surface area contributed by atoms with Gasteiger partial charge >= 0.3 is 7.60 Å². The lowest BCUT2D eigenvalue weighted by atomic mass is 10.1. The molecule has 2 aromatic heterocycles. The van der Waals surface area contributed by atoms with Gasteiger partial charge in [0.2, 0.25) is 13.3 Å². The highest BCUT2D eigenvalue weighted by Crippen LogP contribution is 2.56. The van der Waals surface area contributed by atoms with E-state index in [2.05, 4.69) is 15.0 Å². The van der Waals surface area contributed by atoms with E-state index in [-0.39, 0.29) is 17.1 Å². The molecule has 192 valence electrons. The molecule has 0 amide bonds. The molecule has 0 aromatic carbocycles. The van der Waals surface area contributed by atoms with Crippen LogP contribution in [-0.2, 0) is 23.1 Å². The van der Waals surface area contributed by atoms with Crippen molar-refractivity contribution in [3.8, 4) is 0 Å². The summed E-state index contributed by atoms with van der Waals surface area (Å²) in [6.45, 7) is 8.00. The van der Waals surface area contributed by atoms with Crippen molar-refractivity contribution in [3.63, 3.8) is 0 Å². The van der Waals surface area contributed by atoms with Crippen molar-refractivity contribution in [1.29, 1.82) is 0 Å². The van der Waals surface area contributed by atoms with Crippen LogP contribution in [0.5, 0.6) is 0 Å². The van der Waals surface area contributed by atoms with Crippen LogP contribution in [-0.4, -0.2) is 76.5 Å². The van der Waals surface area contributed by atoms with E-state index in [4.69, 9.17) is 19.7 Å². The number of hydrogen-bond acceptors (Lipinski definition) is 10. The van der Waals surface area contributed by atoms with Crippen LogP contribution < -0.4 is 11.3 Å². The summed E-state index contributed by atoms with van der Waals surface area (Å²) in [5, 5.41) is 8.42. The second-order valence-electron chi connectivity index (χ2n) is 9.73. The monoisotopic (exact) mass is 523 g/mol. The fraction of sp³-hybridized carbons (Fsp3) is 0.722. The summed E-state index contributed by atoms with van der Waals surface area (Å²) in [4.78, 5) is 42.9. The highest BCUT2D eigenvalue weighted by molar-refractivity contribution is 7.58. The summed E-state index contributed by atoms with van der Waals surface area (Å²) in [6, 6.07) is 0. The second-order valence-corrected chi connectivity index (χ2v) is 15.2. The fourth-order valence-electron chi connectivity index (χ4n) is 3.16. The Morgan fingerprint density at radius 2 is 1.88 bits per heavy atom.